The van der Waals surface area contributed by atoms with Crippen molar-refractivity contribution in [3.63, 3.8) is 0 Å². The minimum absolute atomic E-state index is 1.30. The summed E-state index contributed by atoms with van der Waals surface area (Å²) in [6.45, 7) is 18.5. The zero-order valence-electron chi connectivity index (χ0n) is 41.2. The van der Waals surface area contributed by atoms with Gasteiger partial charge in [-0.25, -0.2) is 13.7 Å². The molecule has 0 atom stereocenters. The van der Waals surface area contributed by atoms with E-state index in [0.717, 1.165) is 0 Å². The molecule has 12 rings (SSSR count). The molecule has 0 aliphatic carbocycles. The maximum absolute atomic E-state index is 2.31. The van der Waals surface area contributed by atoms with Crippen molar-refractivity contribution in [3.05, 3.63) is 199 Å². The molecule has 0 N–H and O–H groups in total. The van der Waals surface area contributed by atoms with Gasteiger partial charge in [0.15, 0.2) is 35.7 Å². The van der Waals surface area contributed by atoms with Gasteiger partial charge >= 0.3 is 0 Å². The van der Waals surface area contributed by atoms with Crippen LogP contribution in [0.1, 0.15) is 58.6 Å². The highest BCUT2D eigenvalue weighted by atomic mass is 14.9. The maximum Gasteiger partial charge on any atom is 0.185 e. The van der Waals surface area contributed by atoms with Crippen molar-refractivity contribution in [1.82, 2.24) is 0 Å². The molecule has 66 heavy (non-hydrogen) atoms. The second kappa shape index (κ2) is 20.7. The van der Waals surface area contributed by atoms with E-state index in [1.54, 1.807) is 0 Å². The van der Waals surface area contributed by atoms with Gasteiger partial charge in [-0.2, -0.15) is 0 Å². The van der Waals surface area contributed by atoms with E-state index in [0.29, 0.717) is 0 Å². The molecule has 0 unspecified atom stereocenters. The summed E-state index contributed by atoms with van der Waals surface area (Å²) in [6.07, 6.45) is 6.44. The molecule has 0 saturated carbocycles. The molecule has 9 aromatic carbocycles. The number of benzene rings is 9. The van der Waals surface area contributed by atoms with Crippen LogP contribution in [0.25, 0.3) is 97.0 Å². The van der Waals surface area contributed by atoms with Crippen molar-refractivity contribution in [2.24, 2.45) is 21.1 Å². The van der Waals surface area contributed by atoms with Gasteiger partial charge in [-0.05, 0) is 95.0 Å². The SMILES string of the molecule is CC.CC.CC.Cc1c2ccc3c4ccccc4ccc3c2cc[n+]1C.Cc1c2ccc3cc4ccccc4cc3c2cc[n+]1C.Cc1c2ccc3ccc4ccccc4c3c2cc[n+]1C. The summed E-state index contributed by atoms with van der Waals surface area (Å²) in [7, 11) is 6.29. The lowest BCUT2D eigenvalue weighted by Gasteiger charge is -2.08. The van der Waals surface area contributed by atoms with Crippen molar-refractivity contribution in [3.8, 4) is 0 Å². The van der Waals surface area contributed by atoms with Gasteiger partial charge in [0, 0.05) is 71.3 Å². The molecular weight excluding hydrogens is 799 g/mol. The highest BCUT2D eigenvalue weighted by Gasteiger charge is 2.13. The highest BCUT2D eigenvalue weighted by Crippen LogP contribution is 2.34. The largest absolute Gasteiger partial charge is 0.205 e. The second-order valence-electron chi connectivity index (χ2n) is 16.3. The van der Waals surface area contributed by atoms with Gasteiger partial charge in [-0.3, -0.25) is 0 Å². The second-order valence-corrected chi connectivity index (χ2v) is 16.3. The predicted molar refractivity (Wildman–Crippen MR) is 289 cm³/mol. The molecule has 0 fully saturated rings. The third-order valence-corrected chi connectivity index (χ3v) is 13.0. The number of pyridine rings is 3. The normalized spacial score (nSPS) is 10.7. The third kappa shape index (κ3) is 8.79. The van der Waals surface area contributed by atoms with E-state index < -0.39 is 0 Å². The van der Waals surface area contributed by atoms with Gasteiger partial charge in [0.05, 0.1) is 0 Å². The number of hydrogen-bond acceptors (Lipinski definition) is 0. The third-order valence-electron chi connectivity index (χ3n) is 13.0. The van der Waals surface area contributed by atoms with E-state index in [1.807, 2.05) is 41.5 Å². The Morgan fingerprint density at radius 3 is 1.17 bits per heavy atom. The van der Waals surface area contributed by atoms with Crippen molar-refractivity contribution in [2.75, 3.05) is 0 Å². The van der Waals surface area contributed by atoms with E-state index in [9.17, 15) is 0 Å². The van der Waals surface area contributed by atoms with Crippen LogP contribution in [0.15, 0.2) is 182 Å². The first kappa shape index (κ1) is 46.8. The Labute approximate surface area is 391 Å². The number of aryl methyl sites for hydroxylation is 6. The lowest BCUT2D eigenvalue weighted by molar-refractivity contribution is -0.676. The molecule has 0 bridgehead atoms. The van der Waals surface area contributed by atoms with Gasteiger partial charge in [-0.15, -0.1) is 0 Å². The van der Waals surface area contributed by atoms with Crippen LogP contribution < -0.4 is 13.7 Å². The first-order valence-corrected chi connectivity index (χ1v) is 23.8. The van der Waals surface area contributed by atoms with Crippen molar-refractivity contribution in [2.45, 2.75) is 62.3 Å². The molecule has 0 aliphatic heterocycles. The lowest BCUT2D eigenvalue weighted by Crippen LogP contribution is -2.31. The average Bonchev–Trinajstić information content (AvgIpc) is 3.38. The van der Waals surface area contributed by atoms with Gasteiger partial charge in [0.25, 0.3) is 0 Å². The Bertz CT molecular complexity index is 3600. The first-order chi connectivity index (χ1) is 32.2. The molecule has 0 aliphatic rings. The van der Waals surface area contributed by atoms with Crippen LogP contribution >= 0.6 is 0 Å². The summed E-state index contributed by atoms with van der Waals surface area (Å²) >= 11 is 0. The van der Waals surface area contributed by atoms with Gasteiger partial charge in [-0.1, -0.05) is 157 Å². The summed E-state index contributed by atoms with van der Waals surface area (Å²) in [5.41, 5.74) is 3.91. The molecular formula is C63H66N3+3. The molecule has 12 aromatic rings. The van der Waals surface area contributed by atoms with Crippen LogP contribution in [-0.4, -0.2) is 0 Å². The quantitative estimate of drug-likeness (QED) is 0.0818. The Morgan fingerprint density at radius 1 is 0.242 bits per heavy atom. The lowest BCUT2D eigenvalue weighted by atomic mass is 9.96. The Morgan fingerprint density at radius 2 is 0.576 bits per heavy atom. The Hall–Kier alpha value is -7.23. The number of fused-ring (bicyclic) bond motifs is 14. The first-order valence-electron chi connectivity index (χ1n) is 23.8. The van der Waals surface area contributed by atoms with Crippen LogP contribution in [0, 0.1) is 20.8 Å². The molecule has 330 valence electrons. The zero-order valence-corrected chi connectivity index (χ0v) is 41.2. The van der Waals surface area contributed by atoms with Crippen LogP contribution in [0.5, 0.6) is 0 Å². The molecule has 0 amide bonds. The summed E-state index contributed by atoms with van der Waals surface area (Å²) < 4.78 is 6.53. The van der Waals surface area contributed by atoms with Crippen LogP contribution in [0.3, 0.4) is 0 Å². The van der Waals surface area contributed by atoms with E-state index in [-0.39, 0.29) is 0 Å². The fourth-order valence-corrected chi connectivity index (χ4v) is 9.22. The van der Waals surface area contributed by atoms with E-state index >= 15 is 0 Å². The number of aromatic nitrogens is 3. The molecule has 0 radical (unpaired) electrons. The van der Waals surface area contributed by atoms with Crippen LogP contribution in [0.4, 0.5) is 0 Å². The van der Waals surface area contributed by atoms with Crippen LogP contribution in [0.2, 0.25) is 0 Å². The summed E-state index contributed by atoms with van der Waals surface area (Å²) in [5.74, 6) is 0. The molecule has 3 nitrogen and oxygen atoms in total. The van der Waals surface area contributed by atoms with Crippen LogP contribution in [-0.2, 0) is 21.1 Å². The maximum atomic E-state index is 2.31. The molecule has 0 spiro atoms. The number of hydrogen-bond donors (Lipinski definition) is 0. The van der Waals surface area contributed by atoms with Crippen molar-refractivity contribution >= 4 is 97.0 Å². The summed E-state index contributed by atoms with van der Waals surface area (Å²) in [5, 5.41) is 23.9. The van der Waals surface area contributed by atoms with E-state index in [2.05, 4.69) is 238 Å². The predicted octanol–water partition coefficient (Wildman–Crippen LogP) is 15.9. The highest BCUT2D eigenvalue weighted by molar-refractivity contribution is 6.20. The molecule has 3 heteroatoms. The van der Waals surface area contributed by atoms with Crippen molar-refractivity contribution < 1.29 is 13.7 Å². The van der Waals surface area contributed by atoms with Gasteiger partial charge in [0.2, 0.25) is 0 Å². The zero-order chi connectivity index (χ0) is 47.1. The minimum atomic E-state index is 1.30. The minimum Gasteiger partial charge on any atom is -0.205 e. The monoisotopic (exact) mass is 865 g/mol. The Kier molecular flexibility index (Phi) is 14.7. The smallest absolute Gasteiger partial charge is 0.185 e. The fraction of sp³-hybridized carbons (Fsp3) is 0.190. The number of nitrogens with zero attached hydrogens (tertiary/aromatic N) is 3. The molecule has 0 saturated heterocycles. The van der Waals surface area contributed by atoms with Gasteiger partial charge < -0.3 is 0 Å². The number of rotatable bonds is 0. The summed E-state index contributed by atoms with van der Waals surface area (Å²) in [4.78, 5) is 0. The van der Waals surface area contributed by atoms with E-state index in [4.69, 9.17) is 0 Å². The van der Waals surface area contributed by atoms with E-state index in [1.165, 1.54) is 114 Å². The summed E-state index contributed by atoms with van der Waals surface area (Å²) in [6, 6.07) is 59.4. The average molecular weight is 865 g/mol. The topological polar surface area (TPSA) is 11.6 Å². The standard InChI is InChI=1S/3C19H16N.3C2H6/c1-13-17-8-7-16-11-14-5-3-4-6-15(14)12-19(16)18(17)9-10-20(13)2;1-13-15-9-10-17-16-6-4-3-5-14(16)7-8-18(17)19(15)11-12-20(13)2;1-13-16-10-9-15-8-7-14-5-3-4-6-17(14)19(15)18(16)11-12-20(13)2;3*1-2/h3*3-12H,1-2H3;3*1-2H3/q3*+1;;;. The molecule has 3 aromatic heterocycles. The Balaban J connectivity index is 0.000000139. The van der Waals surface area contributed by atoms with Gasteiger partial charge in [0.1, 0.15) is 21.1 Å². The van der Waals surface area contributed by atoms with Crippen molar-refractivity contribution in [1.29, 1.82) is 0 Å². The fourth-order valence-electron chi connectivity index (χ4n) is 9.22. The molecule has 3 heterocycles.